The van der Waals surface area contributed by atoms with E-state index in [1.54, 1.807) is 11.6 Å². The van der Waals surface area contributed by atoms with Crippen molar-refractivity contribution >= 4 is 0 Å². The van der Waals surface area contributed by atoms with E-state index < -0.39 is 17.7 Å². The first-order valence-corrected chi connectivity index (χ1v) is 6.81. The van der Waals surface area contributed by atoms with Crippen molar-refractivity contribution in [3.05, 3.63) is 46.8 Å². The fourth-order valence-electron chi connectivity index (χ4n) is 2.34. The van der Waals surface area contributed by atoms with E-state index in [2.05, 4.69) is 5.10 Å². The zero-order chi connectivity index (χ0) is 15.6. The molecule has 0 amide bonds. The highest BCUT2D eigenvalue weighted by Crippen LogP contribution is 2.32. The van der Waals surface area contributed by atoms with E-state index in [0.717, 1.165) is 6.42 Å². The van der Waals surface area contributed by atoms with Gasteiger partial charge >= 0.3 is 0 Å². The summed E-state index contributed by atoms with van der Waals surface area (Å²) in [6.07, 6.45) is 2.33. The van der Waals surface area contributed by atoms with Crippen molar-refractivity contribution in [2.45, 2.75) is 32.9 Å². The average Bonchev–Trinajstić information content (AvgIpc) is 2.86. The summed E-state index contributed by atoms with van der Waals surface area (Å²) in [7, 11) is 1.48. The van der Waals surface area contributed by atoms with Crippen LogP contribution in [-0.2, 0) is 6.54 Å². The predicted molar refractivity (Wildman–Crippen MR) is 76.2 cm³/mol. The van der Waals surface area contributed by atoms with Gasteiger partial charge < -0.3 is 10.5 Å². The van der Waals surface area contributed by atoms with Gasteiger partial charge in [-0.2, -0.15) is 5.10 Å². The summed E-state index contributed by atoms with van der Waals surface area (Å²) in [6.45, 7) is 4.16. The molecule has 6 heteroatoms. The smallest absolute Gasteiger partial charge is 0.161 e. The number of nitrogens with zero attached hydrogens (tertiary/aromatic N) is 2. The van der Waals surface area contributed by atoms with Crippen molar-refractivity contribution in [2.24, 2.45) is 5.73 Å². The van der Waals surface area contributed by atoms with E-state index in [4.69, 9.17) is 10.5 Å². The molecule has 0 saturated heterocycles. The minimum Gasteiger partial charge on any atom is -0.493 e. The Kier molecular flexibility index (Phi) is 4.57. The van der Waals surface area contributed by atoms with Crippen LogP contribution in [0.15, 0.2) is 18.3 Å². The number of hydrogen-bond donors (Lipinski definition) is 1. The highest BCUT2D eigenvalue weighted by molar-refractivity contribution is 5.39. The fourth-order valence-corrected chi connectivity index (χ4v) is 2.34. The molecule has 21 heavy (non-hydrogen) atoms. The van der Waals surface area contributed by atoms with E-state index in [1.807, 2.05) is 6.92 Å². The number of benzene rings is 1. The summed E-state index contributed by atoms with van der Waals surface area (Å²) in [6, 6.07) is 1.64. The molecule has 1 unspecified atom stereocenters. The molecule has 1 aromatic heterocycles. The Morgan fingerprint density at radius 3 is 2.71 bits per heavy atom. The second kappa shape index (κ2) is 6.22. The maximum atomic E-state index is 14.3. The molecule has 2 N–H and O–H groups in total. The first-order chi connectivity index (χ1) is 10.0. The summed E-state index contributed by atoms with van der Waals surface area (Å²) in [5.74, 6) is -0.873. The van der Waals surface area contributed by atoms with Crippen LogP contribution < -0.4 is 10.5 Å². The summed E-state index contributed by atoms with van der Waals surface area (Å²) in [5, 5.41) is 4.17. The van der Waals surface area contributed by atoms with Crippen LogP contribution in [0, 0.1) is 18.6 Å². The lowest BCUT2D eigenvalue weighted by Crippen LogP contribution is -2.21. The lowest BCUT2D eigenvalue weighted by molar-refractivity contribution is 0.402. The zero-order valence-electron chi connectivity index (χ0n) is 12.4. The lowest BCUT2D eigenvalue weighted by atomic mass is 10.00. The van der Waals surface area contributed by atoms with Gasteiger partial charge in [-0.1, -0.05) is 13.0 Å². The van der Waals surface area contributed by atoms with Crippen LogP contribution in [0.25, 0.3) is 0 Å². The number of rotatable bonds is 5. The molecular weight excluding hydrogens is 276 g/mol. The quantitative estimate of drug-likeness (QED) is 0.922. The molecular formula is C15H19F2N3O. The third-order valence-corrected chi connectivity index (χ3v) is 3.43. The van der Waals surface area contributed by atoms with Crippen molar-refractivity contribution in [1.82, 2.24) is 9.78 Å². The van der Waals surface area contributed by atoms with Gasteiger partial charge in [0.25, 0.3) is 0 Å². The summed E-state index contributed by atoms with van der Waals surface area (Å²) in [4.78, 5) is 0. The van der Waals surface area contributed by atoms with Crippen molar-refractivity contribution in [3.63, 3.8) is 0 Å². The van der Waals surface area contributed by atoms with Crippen LogP contribution in [-0.4, -0.2) is 16.9 Å². The van der Waals surface area contributed by atoms with Crippen LogP contribution in [0.2, 0.25) is 0 Å². The van der Waals surface area contributed by atoms with E-state index >= 15 is 0 Å². The summed E-state index contributed by atoms with van der Waals surface area (Å²) < 4.78 is 35.1. The van der Waals surface area contributed by atoms with Crippen molar-refractivity contribution < 1.29 is 13.5 Å². The highest BCUT2D eigenvalue weighted by atomic mass is 19.1. The molecule has 1 aromatic carbocycles. The third kappa shape index (κ3) is 2.76. The molecule has 0 spiro atoms. The van der Waals surface area contributed by atoms with Gasteiger partial charge in [-0.05, 0) is 25.0 Å². The number of aromatic nitrogens is 2. The Labute approximate surface area is 122 Å². The Bertz CT molecular complexity index is 640. The first kappa shape index (κ1) is 15.4. The standard InChI is InChI=1S/C15H19F2N3O/c1-4-7-20-15(11(21-3)8-19-20)14(18)12-10(16)6-5-9(2)13(12)17/h5-6,8,14H,4,7,18H2,1-3H3. The maximum absolute atomic E-state index is 14.3. The second-order valence-corrected chi connectivity index (χ2v) is 4.89. The fraction of sp³-hybridized carbons (Fsp3) is 0.400. The molecule has 0 radical (unpaired) electrons. The third-order valence-electron chi connectivity index (χ3n) is 3.43. The molecule has 0 fully saturated rings. The van der Waals surface area contributed by atoms with Gasteiger partial charge in [-0.25, -0.2) is 8.78 Å². The largest absolute Gasteiger partial charge is 0.493 e. The Morgan fingerprint density at radius 1 is 1.38 bits per heavy atom. The maximum Gasteiger partial charge on any atom is 0.161 e. The van der Waals surface area contributed by atoms with E-state index in [9.17, 15) is 8.78 Å². The highest BCUT2D eigenvalue weighted by Gasteiger charge is 2.26. The summed E-state index contributed by atoms with van der Waals surface area (Å²) in [5.41, 5.74) is 6.78. The minimum absolute atomic E-state index is 0.161. The van der Waals surface area contributed by atoms with Crippen molar-refractivity contribution in [3.8, 4) is 5.75 Å². The summed E-state index contributed by atoms with van der Waals surface area (Å²) >= 11 is 0. The molecule has 114 valence electrons. The number of hydrogen-bond acceptors (Lipinski definition) is 3. The number of aryl methyl sites for hydroxylation is 2. The van der Waals surface area contributed by atoms with Crippen LogP contribution in [0.3, 0.4) is 0 Å². The number of methoxy groups -OCH3 is 1. The van der Waals surface area contributed by atoms with Crippen LogP contribution in [0.4, 0.5) is 8.78 Å². The van der Waals surface area contributed by atoms with Gasteiger partial charge in [0, 0.05) is 12.1 Å². The molecule has 4 nitrogen and oxygen atoms in total. The second-order valence-electron chi connectivity index (χ2n) is 4.89. The lowest BCUT2D eigenvalue weighted by Gasteiger charge is -2.18. The van der Waals surface area contributed by atoms with Crippen molar-refractivity contribution in [2.75, 3.05) is 7.11 Å². The van der Waals surface area contributed by atoms with Gasteiger partial charge in [0.05, 0.1) is 19.3 Å². The van der Waals surface area contributed by atoms with Crippen molar-refractivity contribution in [1.29, 1.82) is 0 Å². The Balaban J connectivity index is 2.57. The van der Waals surface area contributed by atoms with E-state index in [-0.39, 0.29) is 5.56 Å². The van der Waals surface area contributed by atoms with Crippen LogP contribution in [0.1, 0.15) is 36.2 Å². The number of nitrogens with two attached hydrogens (primary N) is 1. The van der Waals surface area contributed by atoms with E-state index in [0.29, 0.717) is 23.6 Å². The molecule has 2 rings (SSSR count). The van der Waals surface area contributed by atoms with Gasteiger partial charge in [0.2, 0.25) is 0 Å². The predicted octanol–water partition coefficient (Wildman–Crippen LogP) is 2.94. The molecule has 1 atom stereocenters. The van der Waals surface area contributed by atoms with Gasteiger partial charge in [0.15, 0.2) is 5.75 Å². The first-order valence-electron chi connectivity index (χ1n) is 6.81. The molecule has 0 aliphatic heterocycles. The molecule has 2 aromatic rings. The molecule has 1 heterocycles. The van der Waals surface area contributed by atoms with E-state index in [1.165, 1.54) is 25.4 Å². The average molecular weight is 295 g/mol. The van der Waals surface area contributed by atoms with Crippen LogP contribution in [0.5, 0.6) is 5.75 Å². The Hall–Kier alpha value is -1.95. The number of ether oxygens (including phenoxy) is 1. The molecule has 0 aliphatic carbocycles. The molecule has 0 aliphatic rings. The number of halogens is 2. The monoisotopic (exact) mass is 295 g/mol. The van der Waals surface area contributed by atoms with Crippen LogP contribution >= 0.6 is 0 Å². The topological polar surface area (TPSA) is 53.1 Å². The Morgan fingerprint density at radius 2 is 2.10 bits per heavy atom. The minimum atomic E-state index is -0.978. The SMILES string of the molecule is CCCn1ncc(OC)c1C(N)c1c(F)ccc(C)c1F. The van der Waals surface area contributed by atoms with Gasteiger partial charge in [-0.3, -0.25) is 4.68 Å². The molecule has 0 saturated carbocycles. The van der Waals surface area contributed by atoms with Gasteiger partial charge in [0.1, 0.15) is 17.3 Å². The molecule has 0 bridgehead atoms. The van der Waals surface area contributed by atoms with Gasteiger partial charge in [-0.15, -0.1) is 0 Å². The normalized spacial score (nSPS) is 12.5. The zero-order valence-corrected chi connectivity index (χ0v) is 12.4.